The number of hydrogen-bond acceptors (Lipinski definition) is 3. The lowest BCUT2D eigenvalue weighted by molar-refractivity contribution is 0.580. The Bertz CT molecular complexity index is 737. The van der Waals surface area contributed by atoms with Gasteiger partial charge in [-0.1, -0.05) is 11.6 Å². The molecule has 96 valence electrons. The van der Waals surface area contributed by atoms with Gasteiger partial charge in [-0.2, -0.15) is 0 Å². The first kappa shape index (κ1) is 12.4. The Morgan fingerprint density at radius 1 is 1.11 bits per heavy atom. The average molecular weight is 297 g/mol. The first-order valence-corrected chi connectivity index (χ1v) is 6.72. The maximum Gasteiger partial charge on any atom is 0.141 e. The Morgan fingerprint density at radius 2 is 1.84 bits per heavy atom. The van der Waals surface area contributed by atoms with Gasteiger partial charge in [0.1, 0.15) is 27.4 Å². The molecule has 3 aromatic rings. The van der Waals surface area contributed by atoms with Crippen LogP contribution in [0.3, 0.4) is 0 Å². The molecule has 0 saturated heterocycles. The molecule has 0 spiro atoms. The smallest absolute Gasteiger partial charge is 0.141 e. The van der Waals surface area contributed by atoms with Gasteiger partial charge < -0.3 is 0 Å². The zero-order valence-electron chi connectivity index (χ0n) is 9.53. The molecule has 2 heterocycles. The maximum atomic E-state index is 13.1. The van der Waals surface area contributed by atoms with E-state index in [4.69, 9.17) is 11.6 Å². The van der Waals surface area contributed by atoms with Crippen molar-refractivity contribution >= 4 is 33.2 Å². The van der Waals surface area contributed by atoms with Gasteiger partial charge in [0.05, 0.1) is 0 Å². The summed E-state index contributed by atoms with van der Waals surface area (Å²) in [6.45, 7) is 0. The predicted octanol–water partition coefficient (Wildman–Crippen LogP) is 4.21. The normalized spacial score (nSPS) is 11.1. The van der Waals surface area contributed by atoms with Crippen LogP contribution >= 0.6 is 22.9 Å². The first-order valence-electron chi connectivity index (χ1n) is 5.46. The summed E-state index contributed by atoms with van der Waals surface area (Å²) >= 11 is 7.49. The number of rotatable bonds is 2. The third kappa shape index (κ3) is 2.57. The van der Waals surface area contributed by atoms with Gasteiger partial charge >= 0.3 is 0 Å². The quantitative estimate of drug-likeness (QED) is 0.662. The lowest BCUT2D eigenvalue weighted by atomic mass is 10.1. The van der Waals surface area contributed by atoms with Crippen LogP contribution in [0.4, 0.5) is 8.78 Å². The molecule has 0 aliphatic carbocycles. The van der Waals surface area contributed by atoms with E-state index in [1.165, 1.54) is 23.5 Å². The molecule has 0 bridgehead atoms. The number of aromatic nitrogens is 2. The summed E-state index contributed by atoms with van der Waals surface area (Å²) in [5, 5.41) is 3.02. The van der Waals surface area contributed by atoms with Gasteiger partial charge in [0.25, 0.3) is 0 Å². The molecule has 2 nitrogen and oxygen atoms in total. The molecule has 0 saturated carbocycles. The molecule has 2 aromatic heterocycles. The van der Waals surface area contributed by atoms with E-state index in [9.17, 15) is 8.78 Å². The molecule has 1 aromatic carbocycles. The van der Waals surface area contributed by atoms with Crippen molar-refractivity contribution in [2.75, 3.05) is 0 Å². The van der Waals surface area contributed by atoms with Crippen molar-refractivity contribution in [1.29, 1.82) is 0 Å². The lowest BCUT2D eigenvalue weighted by Gasteiger charge is -2.03. The van der Waals surface area contributed by atoms with E-state index in [0.29, 0.717) is 16.5 Å². The molecule has 0 aliphatic rings. The maximum absolute atomic E-state index is 13.1. The Kier molecular flexibility index (Phi) is 3.16. The molecule has 0 amide bonds. The van der Waals surface area contributed by atoms with E-state index in [0.717, 1.165) is 16.3 Å². The van der Waals surface area contributed by atoms with Crippen molar-refractivity contribution in [3.63, 3.8) is 0 Å². The van der Waals surface area contributed by atoms with E-state index in [2.05, 4.69) is 9.97 Å². The summed E-state index contributed by atoms with van der Waals surface area (Å²) < 4.78 is 26.2. The highest BCUT2D eigenvalue weighted by Crippen LogP contribution is 2.25. The van der Waals surface area contributed by atoms with E-state index in [1.807, 2.05) is 11.4 Å². The van der Waals surface area contributed by atoms with Gasteiger partial charge in [0, 0.05) is 17.9 Å². The Balaban J connectivity index is 2.00. The third-order valence-corrected chi connectivity index (χ3v) is 3.70. The monoisotopic (exact) mass is 296 g/mol. The predicted molar refractivity (Wildman–Crippen MR) is 71.6 cm³/mol. The van der Waals surface area contributed by atoms with Gasteiger partial charge in [-0.05, 0) is 29.1 Å². The van der Waals surface area contributed by atoms with Crippen LogP contribution < -0.4 is 0 Å². The van der Waals surface area contributed by atoms with E-state index >= 15 is 0 Å². The fraction of sp³-hybridized carbons (Fsp3) is 0.0769. The molecule has 3 rings (SSSR count). The topological polar surface area (TPSA) is 25.8 Å². The Hall–Kier alpha value is -1.59. The van der Waals surface area contributed by atoms with Gasteiger partial charge in [-0.15, -0.1) is 11.3 Å². The zero-order valence-corrected chi connectivity index (χ0v) is 11.1. The summed E-state index contributed by atoms with van der Waals surface area (Å²) in [6, 6.07) is 5.20. The molecule has 0 atom stereocenters. The molecule has 0 unspecified atom stereocenters. The van der Waals surface area contributed by atoms with Gasteiger partial charge in [0.2, 0.25) is 0 Å². The second kappa shape index (κ2) is 4.83. The molecule has 0 N–H and O–H groups in total. The van der Waals surface area contributed by atoms with Crippen LogP contribution in [-0.2, 0) is 6.42 Å². The van der Waals surface area contributed by atoms with Crippen molar-refractivity contribution in [3.8, 4) is 0 Å². The van der Waals surface area contributed by atoms with Crippen LogP contribution in [0.2, 0.25) is 5.15 Å². The standard InChI is InChI=1S/C13H7ClF2N2S/c14-12-10-1-2-19-13(10)18-11(17-12)5-7-3-8(15)6-9(16)4-7/h1-4,6H,5H2. The van der Waals surface area contributed by atoms with Crippen LogP contribution in [0.5, 0.6) is 0 Å². The van der Waals surface area contributed by atoms with Gasteiger partial charge in [-0.25, -0.2) is 18.7 Å². The van der Waals surface area contributed by atoms with Crippen LogP contribution in [0.25, 0.3) is 10.2 Å². The minimum absolute atomic E-state index is 0.238. The van der Waals surface area contributed by atoms with Gasteiger partial charge in [0.15, 0.2) is 0 Å². The van der Waals surface area contributed by atoms with Crippen molar-refractivity contribution in [1.82, 2.24) is 9.97 Å². The van der Waals surface area contributed by atoms with E-state index < -0.39 is 11.6 Å². The highest BCUT2D eigenvalue weighted by molar-refractivity contribution is 7.16. The highest BCUT2D eigenvalue weighted by atomic mass is 35.5. The minimum Gasteiger partial charge on any atom is -0.222 e. The van der Waals surface area contributed by atoms with Crippen molar-refractivity contribution in [2.45, 2.75) is 6.42 Å². The summed E-state index contributed by atoms with van der Waals surface area (Å²) in [6.07, 6.45) is 0.238. The number of fused-ring (bicyclic) bond motifs is 1. The highest BCUT2D eigenvalue weighted by Gasteiger charge is 2.09. The number of halogens is 3. The third-order valence-electron chi connectivity index (χ3n) is 2.61. The van der Waals surface area contributed by atoms with Crippen molar-refractivity contribution in [2.24, 2.45) is 0 Å². The Labute approximate surface area is 116 Å². The molecule has 0 radical (unpaired) electrons. The number of hydrogen-bond donors (Lipinski definition) is 0. The van der Waals surface area contributed by atoms with Crippen LogP contribution in [0.1, 0.15) is 11.4 Å². The summed E-state index contributed by atoms with van der Waals surface area (Å²) in [7, 11) is 0. The molecule has 6 heteroatoms. The van der Waals surface area contributed by atoms with E-state index in [1.54, 1.807) is 0 Å². The molecule has 0 fully saturated rings. The SMILES string of the molecule is Fc1cc(F)cc(Cc2nc(Cl)c3ccsc3n2)c1. The second-order valence-electron chi connectivity index (χ2n) is 4.02. The first-order chi connectivity index (χ1) is 9.11. The molecule has 0 aliphatic heterocycles. The summed E-state index contributed by atoms with van der Waals surface area (Å²) in [5.74, 6) is -0.776. The molecular formula is C13H7ClF2N2S. The fourth-order valence-electron chi connectivity index (χ4n) is 1.84. The molecule has 19 heavy (non-hydrogen) atoms. The largest absolute Gasteiger partial charge is 0.222 e. The number of thiophene rings is 1. The van der Waals surface area contributed by atoms with Crippen molar-refractivity contribution in [3.05, 3.63) is 57.8 Å². The average Bonchev–Trinajstić information content (AvgIpc) is 2.75. The second-order valence-corrected chi connectivity index (χ2v) is 5.28. The minimum atomic E-state index is -0.613. The number of nitrogens with zero attached hydrogens (tertiary/aromatic N) is 2. The zero-order chi connectivity index (χ0) is 13.4. The summed E-state index contributed by atoms with van der Waals surface area (Å²) in [5.41, 5.74) is 0.476. The van der Waals surface area contributed by atoms with Crippen LogP contribution in [0.15, 0.2) is 29.6 Å². The molecular weight excluding hydrogens is 290 g/mol. The van der Waals surface area contributed by atoms with Crippen molar-refractivity contribution < 1.29 is 8.78 Å². The van der Waals surface area contributed by atoms with Crippen LogP contribution in [0, 0.1) is 11.6 Å². The van der Waals surface area contributed by atoms with Crippen LogP contribution in [-0.4, -0.2) is 9.97 Å². The fourth-order valence-corrected chi connectivity index (χ4v) is 2.92. The lowest BCUT2D eigenvalue weighted by Crippen LogP contribution is -1.98. The van der Waals surface area contributed by atoms with E-state index in [-0.39, 0.29) is 6.42 Å². The summed E-state index contributed by atoms with van der Waals surface area (Å²) in [4.78, 5) is 9.24. The van der Waals surface area contributed by atoms with Gasteiger partial charge in [-0.3, -0.25) is 0 Å². The number of benzene rings is 1. The Morgan fingerprint density at radius 3 is 2.58 bits per heavy atom.